The summed E-state index contributed by atoms with van der Waals surface area (Å²) in [6.07, 6.45) is 2.48. The van der Waals surface area contributed by atoms with Gasteiger partial charge in [-0.15, -0.1) is 0 Å². The first kappa shape index (κ1) is 18.4. The van der Waals surface area contributed by atoms with Gasteiger partial charge in [0.2, 0.25) is 0 Å². The molecule has 24 heavy (non-hydrogen) atoms. The molecule has 0 unspecified atom stereocenters. The summed E-state index contributed by atoms with van der Waals surface area (Å²) in [5, 5.41) is 11.4. The Hall–Kier alpha value is -1.96. The summed E-state index contributed by atoms with van der Waals surface area (Å²) in [4.78, 5) is 26.4. The van der Waals surface area contributed by atoms with Crippen LogP contribution < -0.4 is 16.5 Å². The molecule has 7 nitrogen and oxygen atoms in total. The summed E-state index contributed by atoms with van der Waals surface area (Å²) in [5.74, 6) is -1.16. The molecule has 1 heterocycles. The normalized spacial score (nSPS) is 16.7. The molecule has 1 aromatic carbocycles. The quantitative estimate of drug-likeness (QED) is 0.451. The lowest BCUT2D eigenvalue weighted by atomic mass is 9.95. The Morgan fingerprint density at radius 3 is 2.33 bits per heavy atom. The van der Waals surface area contributed by atoms with Gasteiger partial charge in [-0.25, -0.2) is 5.48 Å². The van der Waals surface area contributed by atoms with Crippen molar-refractivity contribution in [1.82, 2.24) is 15.7 Å². The highest BCUT2D eigenvalue weighted by Gasteiger charge is 2.33. The highest BCUT2D eigenvalue weighted by molar-refractivity contribution is 5.97. The van der Waals surface area contributed by atoms with Crippen LogP contribution in [0.1, 0.15) is 42.6 Å². The minimum absolute atomic E-state index is 0.408. The molecule has 0 radical (unpaired) electrons. The fourth-order valence-corrected chi connectivity index (χ4v) is 2.83. The van der Waals surface area contributed by atoms with Crippen LogP contribution in [0.15, 0.2) is 24.3 Å². The predicted octanol–water partition coefficient (Wildman–Crippen LogP) is 0.624. The molecule has 1 fully saturated rings. The lowest BCUT2D eigenvalue weighted by molar-refractivity contribution is -0.132. The Bertz CT molecular complexity index is 574. The van der Waals surface area contributed by atoms with Crippen molar-refractivity contribution in [3.8, 4) is 0 Å². The molecule has 0 spiro atoms. The van der Waals surface area contributed by atoms with Gasteiger partial charge in [-0.05, 0) is 57.5 Å². The summed E-state index contributed by atoms with van der Waals surface area (Å²) < 4.78 is 0. The number of hydrogen-bond donors (Lipinski definition) is 4. The van der Waals surface area contributed by atoms with Crippen LogP contribution in [0.4, 0.5) is 0 Å². The molecular weight excluding hydrogens is 308 g/mol. The Morgan fingerprint density at radius 1 is 1.25 bits per heavy atom. The Morgan fingerprint density at radius 2 is 1.83 bits per heavy atom. The van der Waals surface area contributed by atoms with Gasteiger partial charge in [-0.3, -0.25) is 19.7 Å². The molecule has 1 saturated heterocycles. The number of rotatable bonds is 6. The molecule has 0 bridgehead atoms. The maximum Gasteiger partial charge on any atom is 0.267 e. The molecule has 1 atom stereocenters. The van der Waals surface area contributed by atoms with Gasteiger partial charge in [0.25, 0.3) is 11.8 Å². The molecule has 132 valence electrons. The second kappa shape index (κ2) is 7.74. The Kier molecular flexibility index (Phi) is 5.93. The zero-order valence-electron chi connectivity index (χ0n) is 14.2. The smallest absolute Gasteiger partial charge is 0.267 e. The van der Waals surface area contributed by atoms with Crippen LogP contribution in [0.3, 0.4) is 0 Å². The molecule has 2 amide bonds. The number of likely N-dealkylation sites (tertiary alicyclic amines) is 1. The van der Waals surface area contributed by atoms with E-state index in [0.29, 0.717) is 5.56 Å². The average Bonchev–Trinajstić information content (AvgIpc) is 3.04. The van der Waals surface area contributed by atoms with E-state index in [2.05, 4.69) is 10.2 Å². The van der Waals surface area contributed by atoms with Crippen LogP contribution in [0.2, 0.25) is 0 Å². The summed E-state index contributed by atoms with van der Waals surface area (Å²) in [5.41, 5.74) is 8.02. The minimum Gasteiger partial charge on any atom is -0.338 e. The van der Waals surface area contributed by atoms with E-state index in [1.165, 1.54) is 18.3 Å². The van der Waals surface area contributed by atoms with Crippen molar-refractivity contribution in [2.24, 2.45) is 5.73 Å². The lowest BCUT2D eigenvalue weighted by Gasteiger charge is -2.29. The average molecular weight is 334 g/mol. The monoisotopic (exact) mass is 334 g/mol. The summed E-state index contributed by atoms with van der Waals surface area (Å²) >= 11 is 0. The van der Waals surface area contributed by atoms with E-state index in [1.54, 1.807) is 26.0 Å². The van der Waals surface area contributed by atoms with E-state index in [0.717, 1.165) is 25.2 Å². The van der Waals surface area contributed by atoms with E-state index < -0.39 is 23.4 Å². The first-order valence-electron chi connectivity index (χ1n) is 8.16. The lowest BCUT2D eigenvalue weighted by Crippen LogP contribution is -2.61. The number of benzene rings is 1. The van der Waals surface area contributed by atoms with Gasteiger partial charge in [0.15, 0.2) is 0 Å². The highest BCUT2D eigenvalue weighted by Crippen LogP contribution is 2.14. The maximum atomic E-state index is 12.3. The molecule has 0 aromatic heterocycles. The van der Waals surface area contributed by atoms with Crippen LogP contribution >= 0.6 is 0 Å². The SMILES string of the molecule is CC(C)(N)[C@H](NC(=O)c1ccc(CN2CCCC2)cc1)C(=O)NO. The van der Waals surface area contributed by atoms with Gasteiger partial charge in [0.05, 0.1) is 0 Å². The third-order valence-corrected chi connectivity index (χ3v) is 4.21. The fourth-order valence-electron chi connectivity index (χ4n) is 2.83. The first-order chi connectivity index (χ1) is 11.3. The van der Waals surface area contributed by atoms with Crippen LogP contribution in [0, 0.1) is 0 Å². The van der Waals surface area contributed by atoms with Crippen molar-refractivity contribution in [2.45, 2.75) is 44.8 Å². The van der Waals surface area contributed by atoms with Crippen molar-refractivity contribution in [1.29, 1.82) is 0 Å². The number of hydroxylamine groups is 1. The van der Waals surface area contributed by atoms with Gasteiger partial charge in [0.1, 0.15) is 6.04 Å². The van der Waals surface area contributed by atoms with E-state index >= 15 is 0 Å². The van der Waals surface area contributed by atoms with Crippen LogP contribution in [-0.4, -0.2) is 46.6 Å². The van der Waals surface area contributed by atoms with Crippen LogP contribution in [0.5, 0.6) is 0 Å². The number of amides is 2. The van der Waals surface area contributed by atoms with Gasteiger partial charge in [0, 0.05) is 17.6 Å². The van der Waals surface area contributed by atoms with Crippen molar-refractivity contribution >= 4 is 11.8 Å². The Labute approximate surface area is 142 Å². The fraction of sp³-hybridized carbons (Fsp3) is 0.529. The maximum absolute atomic E-state index is 12.3. The largest absolute Gasteiger partial charge is 0.338 e. The summed E-state index contributed by atoms with van der Waals surface area (Å²) in [7, 11) is 0. The van der Waals surface area contributed by atoms with Crippen molar-refractivity contribution in [3.63, 3.8) is 0 Å². The number of carbonyl (C=O) groups is 2. The number of carbonyl (C=O) groups excluding carboxylic acids is 2. The van der Waals surface area contributed by atoms with E-state index in [9.17, 15) is 9.59 Å². The molecule has 2 rings (SSSR count). The second-order valence-electron chi connectivity index (χ2n) is 6.88. The van der Waals surface area contributed by atoms with Gasteiger partial charge < -0.3 is 11.1 Å². The van der Waals surface area contributed by atoms with E-state index in [1.807, 2.05) is 12.1 Å². The van der Waals surface area contributed by atoms with E-state index in [-0.39, 0.29) is 0 Å². The van der Waals surface area contributed by atoms with Crippen molar-refractivity contribution in [3.05, 3.63) is 35.4 Å². The molecule has 1 aromatic rings. The number of nitrogens with zero attached hydrogens (tertiary/aromatic N) is 1. The molecule has 1 aliphatic rings. The summed E-state index contributed by atoms with van der Waals surface area (Å²) in [6.45, 7) is 6.32. The Balaban J connectivity index is 2.01. The van der Waals surface area contributed by atoms with Gasteiger partial charge in [-0.1, -0.05) is 12.1 Å². The topological polar surface area (TPSA) is 108 Å². The molecular formula is C17H26N4O3. The van der Waals surface area contributed by atoms with Crippen LogP contribution in [-0.2, 0) is 11.3 Å². The van der Waals surface area contributed by atoms with E-state index in [4.69, 9.17) is 10.9 Å². The minimum atomic E-state index is -1.04. The molecule has 1 aliphatic heterocycles. The van der Waals surface area contributed by atoms with Gasteiger partial charge >= 0.3 is 0 Å². The zero-order valence-corrected chi connectivity index (χ0v) is 14.2. The number of nitrogens with one attached hydrogen (secondary N) is 2. The third kappa shape index (κ3) is 4.77. The molecule has 5 N–H and O–H groups in total. The zero-order chi connectivity index (χ0) is 17.7. The van der Waals surface area contributed by atoms with Crippen LogP contribution in [0.25, 0.3) is 0 Å². The highest BCUT2D eigenvalue weighted by atomic mass is 16.5. The molecule has 0 aliphatic carbocycles. The predicted molar refractivity (Wildman–Crippen MR) is 90.4 cm³/mol. The second-order valence-corrected chi connectivity index (χ2v) is 6.88. The van der Waals surface area contributed by atoms with Crippen molar-refractivity contribution < 1.29 is 14.8 Å². The standard InChI is InChI=1S/C17H26N4O3/c1-17(2,18)14(16(23)20-24)19-15(22)13-7-5-12(6-8-13)11-21-9-3-4-10-21/h5-8,14,24H,3-4,9-11,18H2,1-2H3,(H,19,22)(H,20,23)/t14-/m1/s1. The number of hydrogen-bond acceptors (Lipinski definition) is 5. The first-order valence-corrected chi connectivity index (χ1v) is 8.16. The number of nitrogens with two attached hydrogens (primary N) is 1. The summed E-state index contributed by atoms with van der Waals surface area (Å²) in [6, 6.07) is 6.26. The molecule has 0 saturated carbocycles. The van der Waals surface area contributed by atoms with Gasteiger partial charge in [-0.2, -0.15) is 0 Å². The molecule has 7 heteroatoms. The van der Waals surface area contributed by atoms with Crippen molar-refractivity contribution in [2.75, 3.05) is 13.1 Å². The third-order valence-electron chi connectivity index (χ3n) is 4.21.